The van der Waals surface area contributed by atoms with E-state index in [2.05, 4.69) is 9.88 Å². The zero-order chi connectivity index (χ0) is 26.6. The molecule has 1 aromatic heterocycles. The number of carbonyl (C=O) groups is 1. The van der Waals surface area contributed by atoms with Gasteiger partial charge >= 0.3 is 5.97 Å². The molecule has 0 bridgehead atoms. The van der Waals surface area contributed by atoms with Crippen molar-refractivity contribution >= 4 is 40.2 Å². The molecule has 1 aliphatic rings. The molecule has 198 valence electrons. The van der Waals surface area contributed by atoms with Crippen molar-refractivity contribution in [3.05, 3.63) is 64.8 Å². The molecule has 2 N–H and O–H groups in total. The minimum Gasteiger partial charge on any atom is -0.497 e. The van der Waals surface area contributed by atoms with Gasteiger partial charge < -0.3 is 19.8 Å². The number of aliphatic hydroxyl groups is 1. The van der Waals surface area contributed by atoms with Crippen LogP contribution in [-0.2, 0) is 4.79 Å². The number of benzene rings is 2. The number of piperidine rings is 1. The first-order chi connectivity index (χ1) is 17.7. The average Bonchev–Trinajstić information content (AvgIpc) is 2.90. The fourth-order valence-electron chi connectivity index (χ4n) is 4.85. The van der Waals surface area contributed by atoms with Crippen LogP contribution in [0.25, 0.3) is 10.9 Å². The molecule has 0 aliphatic carbocycles. The Hall–Kier alpha value is -2.46. The number of hydrogen-bond acceptors (Lipinski definition) is 6. The van der Waals surface area contributed by atoms with E-state index in [9.17, 15) is 23.8 Å². The van der Waals surface area contributed by atoms with E-state index in [4.69, 9.17) is 16.3 Å². The molecule has 0 amide bonds. The zero-order valence-electron chi connectivity index (χ0n) is 20.4. The van der Waals surface area contributed by atoms with E-state index in [-0.39, 0.29) is 11.3 Å². The van der Waals surface area contributed by atoms with Gasteiger partial charge in [-0.3, -0.25) is 9.78 Å². The largest absolute Gasteiger partial charge is 0.497 e. The van der Waals surface area contributed by atoms with E-state index >= 15 is 0 Å². The van der Waals surface area contributed by atoms with Gasteiger partial charge in [0.15, 0.2) is 11.6 Å². The number of likely N-dealkylation sites (tertiary alicyclic amines) is 1. The van der Waals surface area contributed by atoms with Gasteiger partial charge in [-0.25, -0.2) is 8.78 Å². The maximum absolute atomic E-state index is 13.9. The van der Waals surface area contributed by atoms with Gasteiger partial charge in [-0.05, 0) is 69.1 Å². The number of methoxy groups -OCH3 is 1. The molecule has 0 spiro atoms. The number of nitrogens with zero attached hydrogens (tertiary/aromatic N) is 2. The molecule has 1 fully saturated rings. The van der Waals surface area contributed by atoms with Crippen molar-refractivity contribution in [1.82, 2.24) is 9.88 Å². The van der Waals surface area contributed by atoms with Crippen LogP contribution in [0.4, 0.5) is 8.78 Å². The SMILES string of the molecule is COc1ccc2ncc(Cl)c([C@H](O)CCC3(C(=O)O)CCN(CCSc4cccc(F)c4F)CC3)c2c1. The van der Waals surface area contributed by atoms with E-state index < -0.39 is 29.1 Å². The summed E-state index contributed by atoms with van der Waals surface area (Å²) in [6.07, 6.45) is 1.94. The van der Waals surface area contributed by atoms with Crippen molar-refractivity contribution in [3.8, 4) is 5.75 Å². The maximum atomic E-state index is 13.9. The lowest BCUT2D eigenvalue weighted by Gasteiger charge is -2.39. The fourth-order valence-corrected chi connectivity index (χ4v) is 6.09. The van der Waals surface area contributed by atoms with Gasteiger partial charge in [-0.15, -0.1) is 11.8 Å². The van der Waals surface area contributed by atoms with Gasteiger partial charge in [0.25, 0.3) is 0 Å². The van der Waals surface area contributed by atoms with Crippen LogP contribution in [-0.4, -0.2) is 58.6 Å². The van der Waals surface area contributed by atoms with Crippen molar-refractivity contribution < 1.29 is 28.5 Å². The monoisotopic (exact) mass is 550 g/mol. The lowest BCUT2D eigenvalue weighted by molar-refractivity contribution is -0.153. The molecule has 6 nitrogen and oxygen atoms in total. The van der Waals surface area contributed by atoms with Crippen molar-refractivity contribution in [2.75, 3.05) is 32.5 Å². The average molecular weight is 551 g/mol. The Morgan fingerprint density at radius 1 is 1.27 bits per heavy atom. The molecule has 10 heteroatoms. The topological polar surface area (TPSA) is 82.9 Å². The number of aromatic nitrogens is 1. The predicted molar refractivity (Wildman–Crippen MR) is 140 cm³/mol. The number of aliphatic hydroxyl groups excluding tert-OH is 1. The zero-order valence-corrected chi connectivity index (χ0v) is 22.0. The highest BCUT2D eigenvalue weighted by Crippen LogP contribution is 2.41. The normalized spacial score (nSPS) is 16.6. The number of halogens is 3. The van der Waals surface area contributed by atoms with Crippen LogP contribution in [0.1, 0.15) is 37.4 Å². The molecule has 37 heavy (non-hydrogen) atoms. The van der Waals surface area contributed by atoms with Crippen molar-refractivity contribution in [3.63, 3.8) is 0 Å². The number of hydrogen-bond donors (Lipinski definition) is 2. The number of thioether (sulfide) groups is 1. The number of ether oxygens (including phenoxy) is 1. The highest BCUT2D eigenvalue weighted by Gasteiger charge is 2.41. The van der Waals surface area contributed by atoms with Gasteiger partial charge in [-0.1, -0.05) is 17.7 Å². The standard InChI is InChI=1S/C27H29ClF2N2O4S/c1-36-17-5-6-21-18(15-17)24(19(28)16-31-21)22(33)7-8-27(26(34)35)9-11-32(12-10-27)13-14-37-23-4-2-3-20(29)25(23)30/h2-6,15-16,22,33H,7-14H2,1H3,(H,34,35)/t22-/m1/s1. The number of carboxylic acid groups (broad SMARTS) is 1. The van der Waals surface area contributed by atoms with E-state index in [1.165, 1.54) is 24.0 Å². The summed E-state index contributed by atoms with van der Waals surface area (Å²) in [5.41, 5.74) is 0.230. The van der Waals surface area contributed by atoms with Crippen molar-refractivity contribution in [1.29, 1.82) is 0 Å². The highest BCUT2D eigenvalue weighted by atomic mass is 35.5. The van der Waals surface area contributed by atoms with Gasteiger partial charge in [0.05, 0.1) is 29.2 Å². The van der Waals surface area contributed by atoms with Gasteiger partial charge in [0.2, 0.25) is 0 Å². The molecule has 0 radical (unpaired) electrons. The molecule has 4 rings (SSSR count). The summed E-state index contributed by atoms with van der Waals surface area (Å²) in [7, 11) is 1.55. The van der Waals surface area contributed by atoms with Crippen LogP contribution in [0, 0.1) is 17.0 Å². The lowest BCUT2D eigenvalue weighted by atomic mass is 9.74. The third-order valence-electron chi connectivity index (χ3n) is 7.15. The summed E-state index contributed by atoms with van der Waals surface area (Å²) in [5.74, 6) is -1.40. The third kappa shape index (κ3) is 6.17. The molecule has 1 atom stereocenters. The molecule has 2 heterocycles. The van der Waals surface area contributed by atoms with Crippen LogP contribution < -0.4 is 4.74 Å². The Balaban J connectivity index is 1.37. The molecule has 1 aliphatic heterocycles. The van der Waals surface area contributed by atoms with Gasteiger partial charge in [-0.2, -0.15) is 0 Å². The quantitative estimate of drug-likeness (QED) is 0.302. The van der Waals surface area contributed by atoms with Crippen LogP contribution in [0.15, 0.2) is 47.5 Å². The third-order valence-corrected chi connectivity index (χ3v) is 8.46. The summed E-state index contributed by atoms with van der Waals surface area (Å²) >= 11 is 7.66. The Labute approximate surface area is 223 Å². The van der Waals surface area contributed by atoms with E-state index in [1.807, 2.05) is 0 Å². The first-order valence-corrected chi connectivity index (χ1v) is 13.4. The summed E-state index contributed by atoms with van der Waals surface area (Å²) in [5, 5.41) is 22.2. The summed E-state index contributed by atoms with van der Waals surface area (Å²) in [6, 6.07) is 9.46. The second-order valence-corrected chi connectivity index (χ2v) is 10.8. The summed E-state index contributed by atoms with van der Waals surface area (Å²) in [6.45, 7) is 1.79. The minimum atomic E-state index is -0.961. The molecule has 3 aromatic rings. The molecule has 0 unspecified atom stereocenters. The van der Waals surface area contributed by atoms with Crippen molar-refractivity contribution in [2.24, 2.45) is 5.41 Å². The first kappa shape index (κ1) is 27.6. The second-order valence-electron chi connectivity index (χ2n) is 9.28. The number of aliphatic carboxylic acids is 1. The Morgan fingerprint density at radius 3 is 2.73 bits per heavy atom. The summed E-state index contributed by atoms with van der Waals surface area (Å²) in [4.78, 5) is 19.1. The maximum Gasteiger partial charge on any atom is 0.309 e. The van der Waals surface area contributed by atoms with Crippen LogP contribution >= 0.6 is 23.4 Å². The number of fused-ring (bicyclic) bond motifs is 1. The Morgan fingerprint density at radius 2 is 2.03 bits per heavy atom. The van der Waals surface area contributed by atoms with Gasteiger partial charge in [0.1, 0.15) is 5.75 Å². The van der Waals surface area contributed by atoms with Gasteiger partial charge in [0, 0.05) is 34.3 Å². The second kappa shape index (κ2) is 11.9. The summed E-state index contributed by atoms with van der Waals surface area (Å²) < 4.78 is 32.6. The molecule has 0 saturated carbocycles. The first-order valence-electron chi connectivity index (χ1n) is 12.1. The van der Waals surface area contributed by atoms with E-state index in [0.717, 1.165) is 6.07 Å². The molecular formula is C27H29ClF2N2O4S. The molecule has 1 saturated heterocycles. The van der Waals surface area contributed by atoms with Crippen molar-refractivity contribution in [2.45, 2.75) is 36.7 Å². The predicted octanol–water partition coefficient (Wildman–Crippen LogP) is 5.95. The Kier molecular flexibility index (Phi) is 8.90. The highest BCUT2D eigenvalue weighted by molar-refractivity contribution is 7.99. The minimum absolute atomic E-state index is 0.233. The van der Waals surface area contributed by atoms with Crippen LogP contribution in [0.5, 0.6) is 5.75 Å². The Bertz CT molecular complexity index is 1270. The number of carboxylic acids is 1. The van der Waals surface area contributed by atoms with Crippen LogP contribution in [0.3, 0.4) is 0 Å². The number of pyridine rings is 1. The molecular weight excluding hydrogens is 522 g/mol. The fraction of sp³-hybridized carbons (Fsp3) is 0.407. The smallest absolute Gasteiger partial charge is 0.309 e. The molecule has 2 aromatic carbocycles. The lowest BCUT2D eigenvalue weighted by Crippen LogP contribution is -2.45. The van der Waals surface area contributed by atoms with E-state index in [0.29, 0.717) is 71.9 Å². The van der Waals surface area contributed by atoms with E-state index in [1.54, 1.807) is 31.4 Å². The van der Waals surface area contributed by atoms with Crippen LogP contribution in [0.2, 0.25) is 5.02 Å². The number of rotatable bonds is 10.